The minimum absolute atomic E-state index is 0.0894. The maximum absolute atomic E-state index is 12.4. The highest BCUT2D eigenvalue weighted by Crippen LogP contribution is 2.47. The molecule has 0 spiro atoms. The number of benzene rings is 2. The van der Waals surface area contributed by atoms with Crippen molar-refractivity contribution in [2.45, 2.75) is 16.2 Å². The molecule has 0 aliphatic carbocycles. The number of hydrogen-bond acceptors (Lipinski definition) is 6. The molecule has 3 heterocycles. The standard InChI is InChI=1S/C22H19NO4S/c24-15-12-19(27-21(13-15)23-7-9-26-10-8-23)16-5-6-18(25)22-17(16)11-14-3-1-2-4-20(14)28-22/h1-6,12-13,25H,7-11H2. The van der Waals surface area contributed by atoms with Gasteiger partial charge in [-0.3, -0.25) is 4.79 Å². The van der Waals surface area contributed by atoms with Crippen LogP contribution in [0.3, 0.4) is 0 Å². The van der Waals surface area contributed by atoms with Crippen LogP contribution in [-0.2, 0) is 11.2 Å². The number of morpholine rings is 1. The first-order valence-electron chi connectivity index (χ1n) is 9.28. The van der Waals surface area contributed by atoms with Crippen molar-refractivity contribution in [3.8, 4) is 17.1 Å². The highest BCUT2D eigenvalue weighted by molar-refractivity contribution is 7.99. The van der Waals surface area contributed by atoms with E-state index in [1.54, 1.807) is 17.8 Å². The lowest BCUT2D eigenvalue weighted by Gasteiger charge is -2.27. The van der Waals surface area contributed by atoms with Crippen LogP contribution in [0.15, 0.2) is 67.5 Å². The minimum atomic E-state index is -0.0894. The Morgan fingerprint density at radius 3 is 2.71 bits per heavy atom. The van der Waals surface area contributed by atoms with E-state index >= 15 is 0 Å². The molecule has 2 aliphatic heterocycles. The van der Waals surface area contributed by atoms with E-state index in [4.69, 9.17) is 9.15 Å². The van der Waals surface area contributed by atoms with Crippen LogP contribution in [0.2, 0.25) is 0 Å². The number of phenols is 1. The van der Waals surface area contributed by atoms with Crippen molar-refractivity contribution >= 4 is 17.6 Å². The predicted molar refractivity (Wildman–Crippen MR) is 108 cm³/mol. The van der Waals surface area contributed by atoms with E-state index in [1.807, 2.05) is 23.1 Å². The van der Waals surface area contributed by atoms with Gasteiger partial charge in [0, 0.05) is 42.1 Å². The number of hydrogen-bond donors (Lipinski definition) is 1. The lowest BCUT2D eigenvalue weighted by molar-refractivity contribution is 0.120. The second-order valence-electron chi connectivity index (χ2n) is 6.92. The molecule has 0 unspecified atom stereocenters. The third-order valence-corrected chi connectivity index (χ3v) is 6.41. The predicted octanol–water partition coefficient (Wildman–Crippen LogP) is 3.90. The zero-order chi connectivity index (χ0) is 19.1. The summed E-state index contributed by atoms with van der Waals surface area (Å²) in [5.74, 6) is 1.35. The highest BCUT2D eigenvalue weighted by Gasteiger charge is 2.24. The van der Waals surface area contributed by atoms with E-state index in [0.717, 1.165) is 20.9 Å². The molecule has 0 bridgehead atoms. The maximum Gasteiger partial charge on any atom is 0.200 e. The molecule has 28 heavy (non-hydrogen) atoms. The van der Waals surface area contributed by atoms with Gasteiger partial charge in [0.1, 0.15) is 11.5 Å². The second-order valence-corrected chi connectivity index (χ2v) is 7.97. The number of anilines is 1. The zero-order valence-electron chi connectivity index (χ0n) is 15.2. The minimum Gasteiger partial charge on any atom is -0.507 e. The summed E-state index contributed by atoms with van der Waals surface area (Å²) in [4.78, 5) is 16.4. The Morgan fingerprint density at radius 2 is 1.86 bits per heavy atom. The number of nitrogens with zero attached hydrogens (tertiary/aromatic N) is 1. The van der Waals surface area contributed by atoms with Crippen molar-refractivity contribution in [1.29, 1.82) is 0 Å². The molecule has 2 aromatic carbocycles. The smallest absolute Gasteiger partial charge is 0.200 e. The first kappa shape index (κ1) is 17.4. The van der Waals surface area contributed by atoms with Gasteiger partial charge in [-0.25, -0.2) is 0 Å². The van der Waals surface area contributed by atoms with Crippen molar-refractivity contribution in [3.05, 3.63) is 69.9 Å². The normalized spacial score (nSPS) is 15.8. The molecule has 6 heteroatoms. The van der Waals surface area contributed by atoms with Crippen molar-refractivity contribution in [2.24, 2.45) is 0 Å². The molecule has 0 atom stereocenters. The van der Waals surface area contributed by atoms with Crippen molar-refractivity contribution in [1.82, 2.24) is 0 Å². The summed E-state index contributed by atoms with van der Waals surface area (Å²) in [6.45, 7) is 2.64. The zero-order valence-corrected chi connectivity index (χ0v) is 16.0. The van der Waals surface area contributed by atoms with Gasteiger partial charge in [-0.05, 0) is 29.3 Å². The topological polar surface area (TPSA) is 62.9 Å². The molecule has 5 nitrogen and oxygen atoms in total. The van der Waals surface area contributed by atoms with Crippen LogP contribution in [0.1, 0.15) is 11.1 Å². The van der Waals surface area contributed by atoms with Crippen LogP contribution in [0.25, 0.3) is 11.3 Å². The molecule has 0 radical (unpaired) electrons. The van der Waals surface area contributed by atoms with E-state index in [0.29, 0.717) is 44.4 Å². The quantitative estimate of drug-likeness (QED) is 0.557. The monoisotopic (exact) mass is 393 g/mol. The number of phenolic OH excluding ortho intramolecular Hbond substituents is 1. The fourth-order valence-electron chi connectivity index (χ4n) is 3.72. The Kier molecular flexibility index (Phi) is 4.37. The summed E-state index contributed by atoms with van der Waals surface area (Å²) in [6, 6.07) is 14.8. The van der Waals surface area contributed by atoms with Gasteiger partial charge in [0.15, 0.2) is 11.3 Å². The molecule has 2 aliphatic rings. The Morgan fingerprint density at radius 1 is 1.04 bits per heavy atom. The molecule has 0 amide bonds. The number of aromatic hydroxyl groups is 1. The Hall–Kier alpha value is -2.70. The SMILES string of the molecule is O=c1cc(-c2ccc(O)c3c2Cc2ccccc2S3)oc(N2CCOCC2)c1. The van der Waals surface area contributed by atoms with E-state index < -0.39 is 0 Å². The van der Waals surface area contributed by atoms with Crippen LogP contribution in [0.5, 0.6) is 5.75 Å². The molecule has 1 N–H and O–H groups in total. The van der Waals surface area contributed by atoms with Gasteiger partial charge in [-0.15, -0.1) is 0 Å². The van der Waals surface area contributed by atoms with Crippen molar-refractivity contribution < 1.29 is 14.3 Å². The van der Waals surface area contributed by atoms with Gasteiger partial charge in [0.2, 0.25) is 0 Å². The van der Waals surface area contributed by atoms with E-state index in [2.05, 4.69) is 12.1 Å². The Bertz CT molecular complexity index is 1100. The van der Waals surface area contributed by atoms with Gasteiger partial charge in [-0.2, -0.15) is 0 Å². The lowest BCUT2D eigenvalue weighted by Crippen LogP contribution is -2.36. The van der Waals surface area contributed by atoms with E-state index in [1.165, 1.54) is 17.7 Å². The number of ether oxygens (including phenoxy) is 1. The molecule has 1 saturated heterocycles. The van der Waals surface area contributed by atoms with E-state index in [-0.39, 0.29) is 11.2 Å². The highest BCUT2D eigenvalue weighted by atomic mass is 32.2. The average molecular weight is 393 g/mol. The Labute approximate surface area is 166 Å². The fourth-order valence-corrected chi connectivity index (χ4v) is 4.84. The molecule has 5 rings (SSSR count). The molecular weight excluding hydrogens is 374 g/mol. The molecule has 1 fully saturated rings. The third kappa shape index (κ3) is 3.08. The summed E-state index contributed by atoms with van der Waals surface area (Å²) in [6.07, 6.45) is 0.688. The number of fused-ring (bicyclic) bond motifs is 2. The van der Waals surface area contributed by atoms with Gasteiger partial charge < -0.3 is 19.2 Å². The second kappa shape index (κ2) is 7.04. The fraction of sp³-hybridized carbons (Fsp3) is 0.227. The summed E-state index contributed by atoms with van der Waals surface area (Å²) in [5, 5.41) is 10.4. The Balaban J connectivity index is 1.61. The molecule has 142 valence electrons. The van der Waals surface area contributed by atoms with E-state index in [9.17, 15) is 9.90 Å². The maximum atomic E-state index is 12.4. The van der Waals surface area contributed by atoms with Crippen LogP contribution in [-0.4, -0.2) is 31.4 Å². The molecule has 0 saturated carbocycles. The molecule has 1 aromatic heterocycles. The van der Waals surface area contributed by atoms with Crippen LogP contribution in [0.4, 0.5) is 5.88 Å². The van der Waals surface area contributed by atoms with Gasteiger partial charge >= 0.3 is 0 Å². The molecule has 3 aromatic rings. The van der Waals surface area contributed by atoms with Crippen LogP contribution >= 0.6 is 11.8 Å². The van der Waals surface area contributed by atoms with Gasteiger partial charge in [0.05, 0.1) is 18.1 Å². The van der Waals surface area contributed by atoms with Gasteiger partial charge in [-0.1, -0.05) is 30.0 Å². The lowest BCUT2D eigenvalue weighted by atomic mass is 9.97. The molecular formula is C22H19NO4S. The van der Waals surface area contributed by atoms with Crippen molar-refractivity contribution in [3.63, 3.8) is 0 Å². The largest absolute Gasteiger partial charge is 0.507 e. The summed E-state index contributed by atoms with van der Waals surface area (Å²) < 4.78 is 11.6. The summed E-state index contributed by atoms with van der Waals surface area (Å²) in [7, 11) is 0. The number of rotatable bonds is 2. The summed E-state index contributed by atoms with van der Waals surface area (Å²) in [5.41, 5.74) is 2.96. The van der Waals surface area contributed by atoms with Crippen LogP contribution in [0, 0.1) is 0 Å². The van der Waals surface area contributed by atoms with Crippen molar-refractivity contribution in [2.75, 3.05) is 31.2 Å². The first-order chi connectivity index (χ1) is 13.7. The van der Waals surface area contributed by atoms with Gasteiger partial charge in [0.25, 0.3) is 0 Å². The summed E-state index contributed by atoms with van der Waals surface area (Å²) >= 11 is 1.56. The third-order valence-electron chi connectivity index (χ3n) is 5.13. The van der Waals surface area contributed by atoms with Crippen LogP contribution < -0.4 is 10.3 Å². The first-order valence-corrected chi connectivity index (χ1v) is 10.1. The average Bonchev–Trinajstić information content (AvgIpc) is 2.73.